The van der Waals surface area contributed by atoms with Gasteiger partial charge < -0.3 is 14.2 Å². The van der Waals surface area contributed by atoms with Crippen molar-refractivity contribution in [2.24, 2.45) is 0 Å². The van der Waals surface area contributed by atoms with Gasteiger partial charge in [0.25, 0.3) is 5.91 Å². The molecule has 0 spiro atoms. The second-order valence-electron chi connectivity index (χ2n) is 6.99. The molecule has 1 aromatic heterocycles. The number of rotatable bonds is 4. The predicted molar refractivity (Wildman–Crippen MR) is 116 cm³/mol. The van der Waals surface area contributed by atoms with Gasteiger partial charge in [-0.15, -0.1) is 0 Å². The van der Waals surface area contributed by atoms with Crippen molar-refractivity contribution in [2.45, 2.75) is 0 Å². The number of hydrogen-bond donors (Lipinski definition) is 0. The zero-order chi connectivity index (χ0) is 21.8. The van der Waals surface area contributed by atoms with Crippen molar-refractivity contribution >= 4 is 35.5 Å². The number of halogens is 2. The minimum absolute atomic E-state index is 0.195. The number of nitrogens with zero attached hydrogens (tertiary/aromatic N) is 4. The Labute approximate surface area is 183 Å². The molecule has 2 aromatic carbocycles. The molecule has 0 N–H and O–H groups in total. The number of benzene rings is 2. The van der Waals surface area contributed by atoms with E-state index in [1.165, 1.54) is 18.2 Å². The molecular formula is C23H18ClFN4O2. The molecule has 0 saturated carbocycles. The summed E-state index contributed by atoms with van der Waals surface area (Å²) in [5.41, 5.74) is 1.44. The monoisotopic (exact) mass is 436 g/mol. The zero-order valence-electron chi connectivity index (χ0n) is 16.5. The second-order valence-corrected chi connectivity index (χ2v) is 7.43. The molecule has 31 heavy (non-hydrogen) atoms. The van der Waals surface area contributed by atoms with Crippen LogP contribution in [0.15, 0.2) is 52.9 Å². The number of aromatic nitrogens is 1. The first-order chi connectivity index (χ1) is 15.0. The SMILES string of the molecule is N#Cc1nc(C=Cc2ccc(Cl)cc2)oc1N1CCN(C(=O)c2cccc(F)c2)CC1. The summed E-state index contributed by atoms with van der Waals surface area (Å²) in [6, 6.07) is 15.0. The van der Waals surface area contributed by atoms with Crippen molar-refractivity contribution in [2.75, 3.05) is 31.1 Å². The van der Waals surface area contributed by atoms with Crippen LogP contribution in [0.25, 0.3) is 12.2 Å². The predicted octanol–water partition coefficient (Wildman–Crippen LogP) is 4.47. The van der Waals surface area contributed by atoms with Crippen LogP contribution < -0.4 is 4.90 Å². The van der Waals surface area contributed by atoms with Gasteiger partial charge in [-0.25, -0.2) is 4.39 Å². The van der Waals surface area contributed by atoms with E-state index >= 15 is 0 Å². The number of hydrogen-bond acceptors (Lipinski definition) is 5. The highest BCUT2D eigenvalue weighted by atomic mass is 35.5. The smallest absolute Gasteiger partial charge is 0.254 e. The van der Waals surface area contributed by atoms with Crippen LogP contribution >= 0.6 is 11.6 Å². The normalized spacial score (nSPS) is 14.1. The minimum Gasteiger partial charge on any atom is -0.420 e. The van der Waals surface area contributed by atoms with E-state index in [-0.39, 0.29) is 11.6 Å². The maximum atomic E-state index is 13.4. The molecule has 1 fully saturated rings. The van der Waals surface area contributed by atoms with Crippen LogP contribution in [0.4, 0.5) is 10.3 Å². The molecule has 2 heterocycles. The third kappa shape index (κ3) is 4.76. The van der Waals surface area contributed by atoms with Crippen LogP contribution in [-0.4, -0.2) is 42.0 Å². The number of anilines is 1. The quantitative estimate of drug-likeness (QED) is 0.603. The van der Waals surface area contributed by atoms with Crippen LogP contribution in [0.2, 0.25) is 5.02 Å². The Morgan fingerprint density at radius 3 is 2.55 bits per heavy atom. The Morgan fingerprint density at radius 1 is 1.13 bits per heavy atom. The van der Waals surface area contributed by atoms with Gasteiger partial charge in [0.2, 0.25) is 17.5 Å². The molecule has 4 rings (SSSR count). The Kier molecular flexibility index (Phi) is 6.01. The van der Waals surface area contributed by atoms with Crippen LogP contribution in [0.1, 0.15) is 27.5 Å². The fourth-order valence-corrected chi connectivity index (χ4v) is 3.47. The topological polar surface area (TPSA) is 73.4 Å². The fraction of sp³-hybridized carbons (Fsp3) is 0.174. The van der Waals surface area contributed by atoms with Gasteiger partial charge in [0.1, 0.15) is 11.9 Å². The highest BCUT2D eigenvalue weighted by molar-refractivity contribution is 6.30. The van der Waals surface area contributed by atoms with Crippen molar-refractivity contribution in [3.63, 3.8) is 0 Å². The first kappa shape index (κ1) is 20.6. The first-order valence-corrected chi connectivity index (χ1v) is 10.1. The molecule has 6 nitrogen and oxygen atoms in total. The lowest BCUT2D eigenvalue weighted by molar-refractivity contribution is 0.0745. The van der Waals surface area contributed by atoms with Gasteiger partial charge in [0.05, 0.1) is 0 Å². The third-order valence-electron chi connectivity index (χ3n) is 4.95. The molecule has 3 aromatic rings. The Balaban J connectivity index is 1.44. The molecule has 0 unspecified atom stereocenters. The van der Waals surface area contributed by atoms with E-state index < -0.39 is 5.82 Å². The molecule has 1 amide bonds. The van der Waals surface area contributed by atoms with Crippen molar-refractivity contribution in [3.05, 3.63) is 82.1 Å². The van der Waals surface area contributed by atoms with Crippen molar-refractivity contribution < 1.29 is 13.6 Å². The highest BCUT2D eigenvalue weighted by Crippen LogP contribution is 2.25. The Bertz CT molecular complexity index is 1160. The van der Waals surface area contributed by atoms with Crippen molar-refractivity contribution in [3.8, 4) is 6.07 Å². The summed E-state index contributed by atoms with van der Waals surface area (Å²) in [4.78, 5) is 20.4. The van der Waals surface area contributed by atoms with E-state index in [0.29, 0.717) is 48.5 Å². The molecule has 156 valence electrons. The molecule has 1 saturated heterocycles. The molecule has 0 atom stereocenters. The molecular weight excluding hydrogens is 419 g/mol. The van der Waals surface area contributed by atoms with Gasteiger partial charge in [-0.2, -0.15) is 10.2 Å². The van der Waals surface area contributed by atoms with Gasteiger partial charge in [-0.3, -0.25) is 4.79 Å². The molecule has 1 aliphatic heterocycles. The average Bonchev–Trinajstić information content (AvgIpc) is 3.22. The summed E-state index contributed by atoms with van der Waals surface area (Å²) in [6.45, 7) is 1.81. The summed E-state index contributed by atoms with van der Waals surface area (Å²) < 4.78 is 19.2. The minimum atomic E-state index is -0.441. The van der Waals surface area contributed by atoms with Gasteiger partial charge in [0, 0.05) is 42.8 Å². The Hall–Kier alpha value is -3.63. The number of carbonyl (C=O) groups excluding carboxylic acids is 1. The van der Waals surface area contributed by atoms with E-state index in [0.717, 1.165) is 5.56 Å². The zero-order valence-corrected chi connectivity index (χ0v) is 17.2. The van der Waals surface area contributed by atoms with Crippen molar-refractivity contribution in [1.82, 2.24) is 9.88 Å². The highest BCUT2D eigenvalue weighted by Gasteiger charge is 2.26. The van der Waals surface area contributed by atoms with E-state index in [9.17, 15) is 14.4 Å². The van der Waals surface area contributed by atoms with Crippen LogP contribution in [-0.2, 0) is 0 Å². The fourth-order valence-electron chi connectivity index (χ4n) is 3.34. The number of amides is 1. The van der Waals surface area contributed by atoms with Crippen LogP contribution in [0.3, 0.4) is 0 Å². The van der Waals surface area contributed by atoms with Gasteiger partial charge in [-0.1, -0.05) is 29.8 Å². The number of nitriles is 1. The van der Waals surface area contributed by atoms with Gasteiger partial charge in [-0.05, 0) is 42.0 Å². The summed E-state index contributed by atoms with van der Waals surface area (Å²) in [5.74, 6) is 0.0451. The van der Waals surface area contributed by atoms with Gasteiger partial charge in [0.15, 0.2) is 0 Å². The van der Waals surface area contributed by atoms with Crippen LogP contribution in [0.5, 0.6) is 0 Å². The van der Waals surface area contributed by atoms with E-state index in [1.807, 2.05) is 23.1 Å². The number of piperazine rings is 1. The second kappa shape index (κ2) is 9.02. The standard InChI is InChI=1S/C23H18ClFN4O2/c24-18-7-4-16(5-8-18)6-9-21-27-20(15-26)23(31-21)29-12-10-28(11-13-29)22(30)17-2-1-3-19(25)14-17/h1-9,14H,10-13H2. The van der Waals surface area contributed by atoms with Crippen LogP contribution in [0, 0.1) is 17.1 Å². The third-order valence-corrected chi connectivity index (χ3v) is 5.20. The van der Waals surface area contributed by atoms with E-state index in [4.69, 9.17) is 16.0 Å². The average molecular weight is 437 g/mol. The first-order valence-electron chi connectivity index (χ1n) is 9.68. The largest absolute Gasteiger partial charge is 0.420 e. The lowest BCUT2D eigenvalue weighted by atomic mass is 10.1. The molecule has 0 aliphatic carbocycles. The summed E-state index contributed by atoms with van der Waals surface area (Å²) in [6.07, 6.45) is 3.51. The summed E-state index contributed by atoms with van der Waals surface area (Å²) >= 11 is 5.89. The number of oxazole rings is 1. The van der Waals surface area contributed by atoms with Crippen molar-refractivity contribution in [1.29, 1.82) is 5.26 Å². The van der Waals surface area contributed by atoms with E-state index in [1.54, 1.807) is 29.2 Å². The molecule has 0 radical (unpaired) electrons. The number of carbonyl (C=O) groups is 1. The molecule has 8 heteroatoms. The van der Waals surface area contributed by atoms with Gasteiger partial charge >= 0.3 is 0 Å². The van der Waals surface area contributed by atoms with E-state index in [2.05, 4.69) is 11.1 Å². The molecule has 1 aliphatic rings. The maximum absolute atomic E-state index is 13.4. The molecule has 0 bridgehead atoms. The Morgan fingerprint density at radius 2 is 1.87 bits per heavy atom. The lowest BCUT2D eigenvalue weighted by Crippen LogP contribution is -2.48. The summed E-state index contributed by atoms with van der Waals surface area (Å²) in [5, 5.41) is 10.1. The maximum Gasteiger partial charge on any atom is 0.254 e. The summed E-state index contributed by atoms with van der Waals surface area (Å²) in [7, 11) is 0. The lowest BCUT2D eigenvalue weighted by Gasteiger charge is -2.34.